The molecule has 0 fully saturated rings. The number of nitrogens with zero attached hydrogens (tertiary/aromatic N) is 1. The molecular formula is C18H19N3O4. The highest BCUT2D eigenvalue weighted by atomic mass is 16.5. The predicted molar refractivity (Wildman–Crippen MR) is 96.3 cm³/mol. The van der Waals surface area contributed by atoms with Crippen molar-refractivity contribution in [3.63, 3.8) is 0 Å². The number of rotatable bonds is 6. The topological polar surface area (TPSA) is 85.5 Å². The van der Waals surface area contributed by atoms with Gasteiger partial charge in [0.15, 0.2) is 5.58 Å². The quantitative estimate of drug-likeness (QED) is 0.720. The maximum atomic E-state index is 12.0. The summed E-state index contributed by atoms with van der Waals surface area (Å²) in [5.74, 6) is 0.119. The van der Waals surface area contributed by atoms with Gasteiger partial charge in [0.25, 0.3) is 0 Å². The number of benzene rings is 2. The van der Waals surface area contributed by atoms with Gasteiger partial charge in [-0.05, 0) is 30.3 Å². The molecule has 1 amide bonds. The van der Waals surface area contributed by atoms with Crippen molar-refractivity contribution in [3.8, 4) is 5.75 Å². The summed E-state index contributed by atoms with van der Waals surface area (Å²) in [4.78, 5) is 23.2. The van der Waals surface area contributed by atoms with Crippen LogP contribution in [-0.4, -0.2) is 24.1 Å². The Balaban J connectivity index is 1.75. The number of anilines is 2. The molecule has 0 atom stereocenters. The fraction of sp³-hybridized carbons (Fsp3) is 0.222. The van der Waals surface area contributed by atoms with Crippen molar-refractivity contribution in [3.05, 3.63) is 53.0 Å². The molecule has 0 saturated carbocycles. The molecule has 2 aromatic carbocycles. The molecule has 7 heteroatoms. The predicted octanol–water partition coefficient (Wildman–Crippen LogP) is 2.67. The molecule has 7 nitrogen and oxygen atoms in total. The summed E-state index contributed by atoms with van der Waals surface area (Å²) in [6.45, 7) is 2.38. The summed E-state index contributed by atoms with van der Waals surface area (Å²) in [6.07, 6.45) is 0. The number of oxazole rings is 1. The van der Waals surface area contributed by atoms with Crippen LogP contribution in [0, 0.1) is 0 Å². The fourth-order valence-electron chi connectivity index (χ4n) is 2.66. The smallest absolute Gasteiger partial charge is 0.420 e. The molecule has 3 aromatic rings. The summed E-state index contributed by atoms with van der Waals surface area (Å²) in [6, 6.07) is 12.6. The number of aromatic nitrogens is 1. The van der Waals surface area contributed by atoms with Crippen LogP contribution in [0.15, 0.2) is 51.7 Å². The lowest BCUT2D eigenvalue weighted by molar-refractivity contribution is -0.114. The lowest BCUT2D eigenvalue weighted by Crippen LogP contribution is -2.19. The zero-order valence-electron chi connectivity index (χ0n) is 14.0. The van der Waals surface area contributed by atoms with Crippen LogP contribution in [0.4, 0.5) is 11.4 Å². The summed E-state index contributed by atoms with van der Waals surface area (Å²) in [7, 11) is 1.58. The van der Waals surface area contributed by atoms with E-state index < -0.39 is 0 Å². The number of para-hydroxylation sites is 2. The van der Waals surface area contributed by atoms with Gasteiger partial charge in [-0.2, -0.15) is 0 Å². The Labute approximate surface area is 144 Å². The van der Waals surface area contributed by atoms with Crippen LogP contribution >= 0.6 is 0 Å². The monoisotopic (exact) mass is 341 g/mol. The normalized spacial score (nSPS) is 10.6. The first kappa shape index (κ1) is 16.6. The molecule has 25 heavy (non-hydrogen) atoms. The number of nitrogens with one attached hydrogen (secondary N) is 2. The Hall–Kier alpha value is -3.22. The molecule has 0 spiro atoms. The maximum Gasteiger partial charge on any atom is 0.420 e. The van der Waals surface area contributed by atoms with Crippen LogP contribution in [-0.2, 0) is 11.3 Å². The first-order chi connectivity index (χ1) is 12.1. The van der Waals surface area contributed by atoms with Gasteiger partial charge in [0.1, 0.15) is 5.75 Å². The third-order valence-electron chi connectivity index (χ3n) is 3.74. The summed E-state index contributed by atoms with van der Waals surface area (Å²) in [5.41, 5.74) is 2.72. The molecule has 2 N–H and O–H groups in total. The maximum absolute atomic E-state index is 12.0. The molecule has 130 valence electrons. The lowest BCUT2D eigenvalue weighted by atomic mass is 10.2. The van der Waals surface area contributed by atoms with Crippen LogP contribution in [0.1, 0.15) is 6.92 Å². The zero-order valence-corrected chi connectivity index (χ0v) is 14.0. The number of hydrogen-bond donors (Lipinski definition) is 2. The second kappa shape index (κ2) is 7.12. The van der Waals surface area contributed by atoms with Crippen LogP contribution in [0.5, 0.6) is 5.75 Å². The molecule has 0 aliphatic rings. The van der Waals surface area contributed by atoms with E-state index in [0.29, 0.717) is 30.1 Å². The van der Waals surface area contributed by atoms with E-state index in [1.807, 2.05) is 18.2 Å². The molecule has 0 saturated heterocycles. The number of carbonyl (C=O) groups is 1. The molecule has 0 aliphatic carbocycles. The highest BCUT2D eigenvalue weighted by molar-refractivity contribution is 5.89. The average Bonchev–Trinajstić information content (AvgIpc) is 2.90. The Kier molecular flexibility index (Phi) is 4.74. The molecule has 3 rings (SSSR count). The van der Waals surface area contributed by atoms with Gasteiger partial charge < -0.3 is 19.8 Å². The van der Waals surface area contributed by atoms with E-state index in [9.17, 15) is 9.59 Å². The number of amides is 1. The van der Waals surface area contributed by atoms with E-state index in [1.165, 1.54) is 6.92 Å². The minimum atomic E-state index is -0.387. The van der Waals surface area contributed by atoms with E-state index in [2.05, 4.69) is 10.6 Å². The molecule has 1 aromatic heterocycles. The molecular weight excluding hydrogens is 322 g/mol. The zero-order chi connectivity index (χ0) is 17.8. The van der Waals surface area contributed by atoms with E-state index in [4.69, 9.17) is 9.15 Å². The molecule has 0 aliphatic heterocycles. The third-order valence-corrected chi connectivity index (χ3v) is 3.74. The number of methoxy groups -OCH3 is 1. The second-order valence-electron chi connectivity index (χ2n) is 5.51. The van der Waals surface area contributed by atoms with Crippen LogP contribution in [0.25, 0.3) is 11.1 Å². The first-order valence-electron chi connectivity index (χ1n) is 7.86. The highest BCUT2D eigenvalue weighted by Gasteiger charge is 2.09. The van der Waals surface area contributed by atoms with Gasteiger partial charge in [0, 0.05) is 25.7 Å². The summed E-state index contributed by atoms with van der Waals surface area (Å²) in [5, 5.41) is 5.96. The lowest BCUT2D eigenvalue weighted by Gasteiger charge is -2.13. The largest absolute Gasteiger partial charge is 0.495 e. The fourth-order valence-corrected chi connectivity index (χ4v) is 2.66. The van der Waals surface area contributed by atoms with Crippen molar-refractivity contribution < 1.29 is 13.9 Å². The van der Waals surface area contributed by atoms with Gasteiger partial charge in [-0.15, -0.1) is 0 Å². The Bertz CT molecular complexity index is 958. The Morgan fingerprint density at radius 1 is 1.24 bits per heavy atom. The minimum absolute atomic E-state index is 0.146. The van der Waals surface area contributed by atoms with Gasteiger partial charge in [0.2, 0.25) is 5.91 Å². The standard InChI is InChI=1S/C18H19N3O4/c1-12(22)20-13-7-8-16(24-2)14(11-13)19-9-10-21-15-5-3-4-6-17(15)25-18(21)23/h3-8,11,19H,9-10H2,1-2H3,(H,20,22). The van der Waals surface area contributed by atoms with Gasteiger partial charge >= 0.3 is 5.76 Å². The van der Waals surface area contributed by atoms with Crippen molar-refractivity contribution in [1.29, 1.82) is 0 Å². The van der Waals surface area contributed by atoms with E-state index in [1.54, 1.807) is 35.9 Å². The van der Waals surface area contributed by atoms with E-state index in [0.717, 1.165) is 11.2 Å². The van der Waals surface area contributed by atoms with Crippen molar-refractivity contribution in [2.75, 3.05) is 24.3 Å². The SMILES string of the molecule is COc1ccc(NC(C)=O)cc1NCCn1c(=O)oc2ccccc21. The average molecular weight is 341 g/mol. The van der Waals surface area contributed by atoms with E-state index in [-0.39, 0.29) is 11.7 Å². The molecule has 0 radical (unpaired) electrons. The Morgan fingerprint density at radius 3 is 2.80 bits per heavy atom. The van der Waals surface area contributed by atoms with Gasteiger partial charge in [-0.1, -0.05) is 12.1 Å². The third kappa shape index (κ3) is 3.65. The van der Waals surface area contributed by atoms with Crippen molar-refractivity contribution >= 4 is 28.4 Å². The van der Waals surface area contributed by atoms with Crippen LogP contribution in [0.3, 0.4) is 0 Å². The number of carbonyl (C=O) groups excluding carboxylic acids is 1. The van der Waals surface area contributed by atoms with Crippen molar-refractivity contribution in [2.24, 2.45) is 0 Å². The number of hydrogen-bond acceptors (Lipinski definition) is 5. The minimum Gasteiger partial charge on any atom is -0.495 e. The van der Waals surface area contributed by atoms with Gasteiger partial charge in [-0.3, -0.25) is 9.36 Å². The van der Waals surface area contributed by atoms with E-state index >= 15 is 0 Å². The molecule has 0 unspecified atom stereocenters. The van der Waals surface area contributed by atoms with Crippen LogP contribution in [0.2, 0.25) is 0 Å². The summed E-state index contributed by atoms with van der Waals surface area (Å²) >= 11 is 0. The highest BCUT2D eigenvalue weighted by Crippen LogP contribution is 2.27. The summed E-state index contributed by atoms with van der Waals surface area (Å²) < 4.78 is 12.1. The molecule has 1 heterocycles. The van der Waals surface area contributed by atoms with Crippen molar-refractivity contribution in [2.45, 2.75) is 13.5 Å². The van der Waals surface area contributed by atoms with Gasteiger partial charge in [-0.25, -0.2) is 4.79 Å². The van der Waals surface area contributed by atoms with Gasteiger partial charge in [0.05, 0.1) is 18.3 Å². The van der Waals surface area contributed by atoms with Crippen molar-refractivity contribution in [1.82, 2.24) is 4.57 Å². The Morgan fingerprint density at radius 2 is 2.04 bits per heavy atom. The molecule has 0 bridgehead atoms. The number of ether oxygens (including phenoxy) is 1. The first-order valence-corrected chi connectivity index (χ1v) is 7.86. The number of fused-ring (bicyclic) bond motifs is 1. The van der Waals surface area contributed by atoms with Crippen LogP contribution < -0.4 is 21.1 Å². The second-order valence-corrected chi connectivity index (χ2v) is 5.51.